The molecule has 4 heteroatoms. The fourth-order valence-electron chi connectivity index (χ4n) is 2.55. The molecule has 2 aliphatic rings. The van der Waals surface area contributed by atoms with Crippen LogP contribution in [0.1, 0.15) is 19.3 Å². The second kappa shape index (κ2) is 5.39. The SMILES string of the molecule is C[Si](C)(C)C#C/C=C\C#C[C@]1(O)CCC[C@@]2(CO)O[C@H]21. The fraction of sp³-hybridized carbons (Fsp3) is 0.625. The number of hydrogen-bond donors (Lipinski definition) is 2. The normalized spacial score (nSPS) is 35.5. The van der Waals surface area contributed by atoms with Crippen molar-refractivity contribution in [2.75, 3.05) is 6.61 Å². The summed E-state index contributed by atoms with van der Waals surface area (Å²) < 4.78 is 5.50. The van der Waals surface area contributed by atoms with Crippen molar-refractivity contribution in [2.45, 2.75) is 56.2 Å². The summed E-state index contributed by atoms with van der Waals surface area (Å²) in [5.74, 6) is 8.72. The van der Waals surface area contributed by atoms with E-state index < -0.39 is 19.3 Å². The van der Waals surface area contributed by atoms with Crippen LogP contribution in [0.5, 0.6) is 0 Å². The molecule has 2 N–H and O–H groups in total. The van der Waals surface area contributed by atoms with E-state index in [9.17, 15) is 10.2 Å². The van der Waals surface area contributed by atoms with Crippen molar-refractivity contribution in [1.29, 1.82) is 0 Å². The molecule has 0 spiro atoms. The van der Waals surface area contributed by atoms with Gasteiger partial charge in [0.25, 0.3) is 0 Å². The highest BCUT2D eigenvalue weighted by Crippen LogP contribution is 2.51. The predicted octanol–water partition coefficient (Wildman–Crippen LogP) is 1.47. The molecule has 3 nitrogen and oxygen atoms in total. The first kappa shape index (κ1) is 15.3. The number of fused-ring (bicyclic) bond motifs is 1. The summed E-state index contributed by atoms with van der Waals surface area (Å²) in [7, 11) is -1.34. The Bertz CT molecular complexity index is 526. The van der Waals surface area contributed by atoms with E-state index in [1.165, 1.54) is 0 Å². The first-order chi connectivity index (χ1) is 9.31. The lowest BCUT2D eigenvalue weighted by atomic mass is 9.79. The Kier molecular flexibility index (Phi) is 4.13. The highest BCUT2D eigenvalue weighted by Gasteiger charge is 2.67. The van der Waals surface area contributed by atoms with E-state index in [1.807, 2.05) is 0 Å². The van der Waals surface area contributed by atoms with Gasteiger partial charge < -0.3 is 14.9 Å². The molecular weight excluding hydrogens is 268 g/mol. The molecule has 1 aliphatic heterocycles. The maximum absolute atomic E-state index is 10.5. The second-order valence-electron chi connectivity index (χ2n) is 6.62. The topological polar surface area (TPSA) is 53.0 Å². The third-order valence-electron chi connectivity index (χ3n) is 3.62. The summed E-state index contributed by atoms with van der Waals surface area (Å²) in [4.78, 5) is 0. The molecule has 108 valence electrons. The molecule has 0 bridgehead atoms. The molecular formula is C16H22O3Si. The molecule has 0 amide bonds. The van der Waals surface area contributed by atoms with Crippen LogP contribution < -0.4 is 0 Å². The number of aliphatic hydroxyl groups is 2. The summed E-state index contributed by atoms with van der Waals surface area (Å²) in [6, 6.07) is 0. The van der Waals surface area contributed by atoms with Crippen LogP contribution in [-0.4, -0.2) is 42.2 Å². The van der Waals surface area contributed by atoms with E-state index in [4.69, 9.17) is 4.74 Å². The van der Waals surface area contributed by atoms with Crippen LogP contribution in [0.4, 0.5) is 0 Å². The fourth-order valence-corrected chi connectivity index (χ4v) is 3.06. The molecule has 1 saturated heterocycles. The largest absolute Gasteiger partial charge is 0.393 e. The number of ether oxygens (including phenoxy) is 1. The summed E-state index contributed by atoms with van der Waals surface area (Å²) in [5, 5.41) is 19.8. The standard InChI is InChI=1S/C16H22O3Si/c1-20(2,3)12-7-5-4-6-9-15(18)10-8-11-16(13-17)14(15)19-16/h4-5,14,17-18H,8,10-11,13H2,1-3H3/b5-4-/t14-,15-,16-/m0/s1. The van der Waals surface area contributed by atoms with Crippen LogP contribution >= 0.6 is 0 Å². The number of epoxide rings is 1. The van der Waals surface area contributed by atoms with Gasteiger partial charge in [-0.2, -0.15) is 0 Å². The molecule has 0 aromatic carbocycles. The molecule has 2 rings (SSSR count). The predicted molar refractivity (Wildman–Crippen MR) is 81.5 cm³/mol. The minimum atomic E-state index is -1.34. The molecule has 0 aromatic rings. The maximum Gasteiger partial charge on any atom is 0.154 e. The Balaban J connectivity index is 1.98. The van der Waals surface area contributed by atoms with E-state index in [0.29, 0.717) is 6.42 Å². The lowest BCUT2D eigenvalue weighted by Gasteiger charge is -2.27. The van der Waals surface area contributed by atoms with Gasteiger partial charge in [-0.1, -0.05) is 37.4 Å². The Morgan fingerprint density at radius 1 is 1.25 bits per heavy atom. The van der Waals surface area contributed by atoms with Crippen molar-refractivity contribution >= 4 is 8.07 Å². The van der Waals surface area contributed by atoms with Gasteiger partial charge in [-0.3, -0.25) is 0 Å². The van der Waals surface area contributed by atoms with Gasteiger partial charge in [0.15, 0.2) is 5.60 Å². The first-order valence-electron chi connectivity index (χ1n) is 7.03. The number of allylic oxidation sites excluding steroid dienone is 2. The Labute approximate surface area is 122 Å². The van der Waals surface area contributed by atoms with Gasteiger partial charge >= 0.3 is 0 Å². The van der Waals surface area contributed by atoms with E-state index in [0.717, 1.165) is 12.8 Å². The first-order valence-corrected chi connectivity index (χ1v) is 10.5. The van der Waals surface area contributed by atoms with Gasteiger partial charge in [0.2, 0.25) is 0 Å². The summed E-state index contributed by atoms with van der Waals surface area (Å²) in [6.45, 7) is 6.51. The lowest BCUT2D eigenvalue weighted by molar-refractivity contribution is 0.0509. The quantitative estimate of drug-likeness (QED) is 0.437. The average Bonchev–Trinajstić information content (AvgIpc) is 3.10. The molecule has 1 aliphatic carbocycles. The molecule has 2 fully saturated rings. The van der Waals surface area contributed by atoms with Gasteiger partial charge in [-0.05, 0) is 31.4 Å². The van der Waals surface area contributed by atoms with Gasteiger partial charge in [0.1, 0.15) is 19.8 Å². The number of rotatable bonds is 1. The zero-order valence-corrected chi connectivity index (χ0v) is 13.4. The third kappa shape index (κ3) is 3.34. The van der Waals surface area contributed by atoms with E-state index in [-0.39, 0.29) is 12.7 Å². The third-order valence-corrected chi connectivity index (χ3v) is 4.51. The van der Waals surface area contributed by atoms with Crippen molar-refractivity contribution in [3.05, 3.63) is 12.2 Å². The minimum Gasteiger partial charge on any atom is -0.393 e. The molecule has 20 heavy (non-hydrogen) atoms. The van der Waals surface area contributed by atoms with Crippen molar-refractivity contribution in [3.8, 4) is 23.3 Å². The number of aliphatic hydroxyl groups excluding tert-OH is 1. The highest BCUT2D eigenvalue weighted by atomic mass is 28.3. The zero-order valence-electron chi connectivity index (χ0n) is 12.4. The lowest BCUT2D eigenvalue weighted by Crippen LogP contribution is -2.43. The van der Waals surface area contributed by atoms with Crippen molar-refractivity contribution in [1.82, 2.24) is 0 Å². The smallest absolute Gasteiger partial charge is 0.154 e. The van der Waals surface area contributed by atoms with Crippen molar-refractivity contribution < 1.29 is 14.9 Å². The second-order valence-corrected chi connectivity index (χ2v) is 11.4. The molecule has 3 atom stereocenters. The van der Waals surface area contributed by atoms with Crippen LogP contribution in [0, 0.1) is 23.3 Å². The molecule has 0 radical (unpaired) electrons. The minimum absolute atomic E-state index is 0.0425. The average molecular weight is 290 g/mol. The van der Waals surface area contributed by atoms with Crippen molar-refractivity contribution in [2.24, 2.45) is 0 Å². The Hall–Kier alpha value is -1.04. The molecule has 0 unspecified atom stereocenters. The summed E-state index contributed by atoms with van der Waals surface area (Å²) in [5.41, 5.74) is 1.55. The molecule has 1 saturated carbocycles. The van der Waals surface area contributed by atoms with Crippen LogP contribution in [0.3, 0.4) is 0 Å². The van der Waals surface area contributed by atoms with Crippen molar-refractivity contribution in [3.63, 3.8) is 0 Å². The highest BCUT2D eigenvalue weighted by molar-refractivity contribution is 6.83. The summed E-state index contributed by atoms with van der Waals surface area (Å²) in [6.07, 6.45) is 5.27. The molecule has 1 heterocycles. The van der Waals surface area contributed by atoms with Gasteiger partial charge in [0.05, 0.1) is 6.61 Å². The molecule has 0 aromatic heterocycles. The van der Waals surface area contributed by atoms with Gasteiger partial charge in [-0.25, -0.2) is 0 Å². The van der Waals surface area contributed by atoms with Crippen LogP contribution in [0.25, 0.3) is 0 Å². The van der Waals surface area contributed by atoms with Crippen LogP contribution in [0.2, 0.25) is 19.6 Å². The van der Waals surface area contributed by atoms with E-state index >= 15 is 0 Å². The zero-order chi connectivity index (χ0) is 14.9. The van der Waals surface area contributed by atoms with Gasteiger partial charge in [0, 0.05) is 0 Å². The monoisotopic (exact) mass is 290 g/mol. The van der Waals surface area contributed by atoms with Gasteiger partial charge in [-0.15, -0.1) is 5.54 Å². The van der Waals surface area contributed by atoms with Crippen LogP contribution in [-0.2, 0) is 4.74 Å². The van der Waals surface area contributed by atoms with Crippen LogP contribution in [0.15, 0.2) is 12.2 Å². The summed E-state index contributed by atoms with van der Waals surface area (Å²) >= 11 is 0. The number of hydrogen-bond acceptors (Lipinski definition) is 3. The maximum atomic E-state index is 10.5. The van der Waals surface area contributed by atoms with E-state index in [1.54, 1.807) is 12.2 Å². The van der Waals surface area contributed by atoms with E-state index in [2.05, 4.69) is 42.9 Å². The Morgan fingerprint density at radius 3 is 2.60 bits per heavy atom. The Morgan fingerprint density at radius 2 is 1.95 bits per heavy atom.